The van der Waals surface area contributed by atoms with Gasteiger partial charge in [-0.05, 0) is 19.1 Å². The summed E-state index contributed by atoms with van der Waals surface area (Å²) in [5.74, 6) is 6.20. The van der Waals surface area contributed by atoms with Gasteiger partial charge in [-0.2, -0.15) is 4.98 Å². The zero-order chi connectivity index (χ0) is 14.7. The van der Waals surface area contributed by atoms with Crippen molar-refractivity contribution >= 4 is 5.82 Å². The number of aromatic nitrogens is 5. The van der Waals surface area contributed by atoms with E-state index in [1.165, 1.54) is 6.33 Å². The minimum atomic E-state index is 0.198. The van der Waals surface area contributed by atoms with Crippen molar-refractivity contribution in [3.63, 3.8) is 0 Å². The van der Waals surface area contributed by atoms with E-state index in [0.29, 0.717) is 17.3 Å². The van der Waals surface area contributed by atoms with E-state index in [2.05, 4.69) is 25.5 Å². The molecule has 3 aromatic rings. The Labute approximate surface area is 120 Å². The number of nitrogens with zero attached hydrogens (tertiary/aromatic N) is 5. The zero-order valence-corrected chi connectivity index (χ0v) is 11.3. The van der Waals surface area contributed by atoms with Crippen LogP contribution in [0.5, 0.6) is 11.9 Å². The Morgan fingerprint density at radius 1 is 1.14 bits per heavy atom. The molecule has 1 aromatic carbocycles. The van der Waals surface area contributed by atoms with Gasteiger partial charge in [0.1, 0.15) is 18.5 Å². The summed E-state index contributed by atoms with van der Waals surface area (Å²) in [5, 5.41) is 4.24. The Morgan fingerprint density at radius 2 is 1.95 bits per heavy atom. The Bertz CT molecular complexity index is 741. The van der Waals surface area contributed by atoms with Gasteiger partial charge < -0.3 is 10.2 Å². The molecule has 2 aromatic heterocycles. The predicted molar refractivity (Wildman–Crippen MR) is 76.0 cm³/mol. The fraction of sp³-hybridized carbons (Fsp3) is 0.0769. The van der Waals surface area contributed by atoms with E-state index in [0.717, 1.165) is 5.69 Å². The second-order valence-electron chi connectivity index (χ2n) is 4.21. The van der Waals surface area contributed by atoms with Crippen LogP contribution < -0.4 is 16.0 Å². The second-order valence-corrected chi connectivity index (χ2v) is 4.21. The number of rotatable bonds is 4. The lowest BCUT2D eigenvalue weighted by Gasteiger charge is -2.07. The van der Waals surface area contributed by atoms with Crippen LogP contribution in [0.1, 0.15) is 5.56 Å². The molecule has 3 rings (SSSR count). The molecule has 21 heavy (non-hydrogen) atoms. The summed E-state index contributed by atoms with van der Waals surface area (Å²) in [7, 11) is 0. The normalized spacial score (nSPS) is 10.4. The van der Waals surface area contributed by atoms with Gasteiger partial charge in [-0.25, -0.2) is 20.5 Å². The number of benzene rings is 1. The number of ether oxygens (including phenoxy) is 1. The lowest BCUT2D eigenvalue weighted by molar-refractivity contribution is 0.420. The van der Waals surface area contributed by atoms with Gasteiger partial charge in [0.05, 0.1) is 11.3 Å². The summed E-state index contributed by atoms with van der Waals surface area (Å²) in [6, 6.07) is 9.82. The Hall–Kier alpha value is -3.00. The maximum atomic E-state index is 5.56. The lowest BCUT2D eigenvalue weighted by Crippen LogP contribution is -2.11. The Balaban J connectivity index is 1.85. The van der Waals surface area contributed by atoms with Gasteiger partial charge in [0, 0.05) is 0 Å². The van der Waals surface area contributed by atoms with Gasteiger partial charge in [-0.3, -0.25) is 0 Å². The summed E-state index contributed by atoms with van der Waals surface area (Å²) in [5.41, 5.74) is 4.04. The van der Waals surface area contributed by atoms with Crippen molar-refractivity contribution in [2.75, 3.05) is 5.43 Å². The van der Waals surface area contributed by atoms with Crippen LogP contribution in [-0.4, -0.2) is 24.7 Å². The average Bonchev–Trinajstić information content (AvgIpc) is 2.99. The predicted octanol–water partition coefficient (Wildman–Crippen LogP) is 1.44. The molecule has 0 aliphatic rings. The first kappa shape index (κ1) is 13.0. The van der Waals surface area contributed by atoms with Gasteiger partial charge >= 0.3 is 6.01 Å². The van der Waals surface area contributed by atoms with Crippen molar-refractivity contribution in [3.8, 4) is 17.6 Å². The minimum absolute atomic E-state index is 0.198. The smallest absolute Gasteiger partial charge is 0.342 e. The van der Waals surface area contributed by atoms with Crippen molar-refractivity contribution in [3.05, 3.63) is 48.5 Å². The molecule has 0 saturated carbocycles. The molecule has 0 bridgehead atoms. The third-order valence-corrected chi connectivity index (χ3v) is 2.85. The van der Waals surface area contributed by atoms with E-state index in [4.69, 9.17) is 10.6 Å². The molecule has 0 fully saturated rings. The van der Waals surface area contributed by atoms with Gasteiger partial charge in [0.2, 0.25) is 5.88 Å². The Kier molecular flexibility index (Phi) is 3.44. The van der Waals surface area contributed by atoms with Crippen LogP contribution in [0.2, 0.25) is 0 Å². The van der Waals surface area contributed by atoms with Gasteiger partial charge in [0.25, 0.3) is 0 Å². The SMILES string of the molecule is Cc1c(NN)ncnc1Oc1ncn(-c2ccccc2)n1. The van der Waals surface area contributed by atoms with Crippen LogP contribution in [0.25, 0.3) is 5.69 Å². The summed E-state index contributed by atoms with van der Waals surface area (Å²) in [6.07, 6.45) is 2.93. The number of hydrazine groups is 1. The third kappa shape index (κ3) is 2.65. The number of para-hydroxylation sites is 1. The fourth-order valence-electron chi connectivity index (χ4n) is 1.77. The van der Waals surface area contributed by atoms with E-state index in [-0.39, 0.29) is 6.01 Å². The number of hydrogen-bond acceptors (Lipinski definition) is 7. The molecule has 8 nitrogen and oxygen atoms in total. The molecule has 0 aliphatic carbocycles. The quantitative estimate of drug-likeness (QED) is 0.551. The molecule has 0 amide bonds. The highest BCUT2D eigenvalue weighted by Gasteiger charge is 2.11. The molecule has 0 aliphatic heterocycles. The van der Waals surface area contributed by atoms with Crippen molar-refractivity contribution in [1.82, 2.24) is 24.7 Å². The second kappa shape index (κ2) is 5.55. The highest BCUT2D eigenvalue weighted by molar-refractivity contribution is 5.47. The van der Waals surface area contributed by atoms with E-state index in [9.17, 15) is 0 Å². The third-order valence-electron chi connectivity index (χ3n) is 2.85. The van der Waals surface area contributed by atoms with Crippen LogP contribution in [0, 0.1) is 6.92 Å². The van der Waals surface area contributed by atoms with Crippen molar-refractivity contribution in [2.24, 2.45) is 5.84 Å². The standard InChI is InChI=1S/C13H13N7O/c1-9-11(18-14)15-7-16-12(9)21-13-17-8-20(19-13)10-5-3-2-4-6-10/h2-8H,14H2,1H3,(H,15,16,18). The molecule has 0 saturated heterocycles. The molecule has 0 radical (unpaired) electrons. The topological polar surface area (TPSA) is 104 Å². The number of nitrogen functional groups attached to an aromatic ring is 1. The zero-order valence-electron chi connectivity index (χ0n) is 11.3. The highest BCUT2D eigenvalue weighted by atomic mass is 16.5. The van der Waals surface area contributed by atoms with E-state index < -0.39 is 0 Å². The van der Waals surface area contributed by atoms with Gasteiger partial charge in [-0.1, -0.05) is 18.2 Å². The van der Waals surface area contributed by atoms with Crippen molar-refractivity contribution in [1.29, 1.82) is 0 Å². The van der Waals surface area contributed by atoms with Crippen LogP contribution >= 0.6 is 0 Å². The summed E-state index contributed by atoms with van der Waals surface area (Å²) >= 11 is 0. The molecule has 106 valence electrons. The first-order chi connectivity index (χ1) is 10.3. The molecule has 0 spiro atoms. The molecule has 3 N–H and O–H groups in total. The molecule has 8 heteroatoms. The average molecular weight is 283 g/mol. The molecule has 0 atom stereocenters. The van der Waals surface area contributed by atoms with Gasteiger partial charge in [-0.15, -0.1) is 5.10 Å². The number of nitrogens with two attached hydrogens (primary N) is 1. The molecule has 0 unspecified atom stereocenters. The maximum absolute atomic E-state index is 5.56. The van der Waals surface area contributed by atoms with Crippen LogP contribution in [-0.2, 0) is 0 Å². The summed E-state index contributed by atoms with van der Waals surface area (Å²) < 4.78 is 7.18. The van der Waals surface area contributed by atoms with Crippen molar-refractivity contribution < 1.29 is 4.74 Å². The number of anilines is 1. The minimum Gasteiger partial charge on any atom is -0.404 e. The molecular weight excluding hydrogens is 270 g/mol. The molecular formula is C13H13N7O. The number of hydrogen-bond donors (Lipinski definition) is 2. The van der Waals surface area contributed by atoms with E-state index in [1.54, 1.807) is 17.9 Å². The summed E-state index contributed by atoms with van der Waals surface area (Å²) in [6.45, 7) is 1.79. The van der Waals surface area contributed by atoms with Crippen LogP contribution in [0.15, 0.2) is 43.0 Å². The number of nitrogens with one attached hydrogen (secondary N) is 1. The van der Waals surface area contributed by atoms with Crippen molar-refractivity contribution in [2.45, 2.75) is 6.92 Å². The van der Waals surface area contributed by atoms with E-state index in [1.807, 2.05) is 30.3 Å². The van der Waals surface area contributed by atoms with Crippen LogP contribution in [0.3, 0.4) is 0 Å². The highest BCUT2D eigenvalue weighted by Crippen LogP contribution is 2.23. The largest absolute Gasteiger partial charge is 0.404 e. The fourth-order valence-corrected chi connectivity index (χ4v) is 1.77. The maximum Gasteiger partial charge on any atom is 0.342 e. The molecule has 2 heterocycles. The Morgan fingerprint density at radius 3 is 2.71 bits per heavy atom. The first-order valence-corrected chi connectivity index (χ1v) is 6.21. The lowest BCUT2D eigenvalue weighted by atomic mass is 10.3. The van der Waals surface area contributed by atoms with Gasteiger partial charge in [0.15, 0.2) is 0 Å². The van der Waals surface area contributed by atoms with Crippen LogP contribution in [0.4, 0.5) is 5.82 Å². The summed E-state index contributed by atoms with van der Waals surface area (Å²) in [4.78, 5) is 12.1. The van der Waals surface area contributed by atoms with E-state index >= 15 is 0 Å². The first-order valence-electron chi connectivity index (χ1n) is 6.21. The monoisotopic (exact) mass is 283 g/mol.